The third-order valence-electron chi connectivity index (χ3n) is 7.23. The molecule has 196 valence electrons. The predicted molar refractivity (Wildman–Crippen MR) is 149 cm³/mol. The van der Waals surface area contributed by atoms with Crippen molar-refractivity contribution in [2.45, 2.75) is 57.9 Å². The van der Waals surface area contributed by atoms with Crippen LogP contribution in [-0.4, -0.2) is 72.3 Å². The Bertz CT molecular complexity index is 993. The first kappa shape index (κ1) is 28.5. The molecule has 1 aliphatic heterocycles. The molecule has 1 saturated heterocycles. The number of likely N-dealkylation sites (N-methyl/N-ethyl adjacent to an activating group) is 1. The first-order chi connectivity index (χ1) is 17.3. The van der Waals surface area contributed by atoms with Crippen molar-refractivity contribution in [3.8, 4) is 0 Å². The summed E-state index contributed by atoms with van der Waals surface area (Å²) in [5.74, 6) is 0.332. The summed E-state index contributed by atoms with van der Waals surface area (Å²) in [4.78, 5) is 31.5. The molecule has 1 heterocycles. The average molecular weight is 533 g/mol. The molecule has 0 bridgehead atoms. The normalized spacial score (nSPS) is 15.5. The molecular weight excluding hydrogens is 493 g/mol. The lowest BCUT2D eigenvalue weighted by molar-refractivity contribution is -0.132. The van der Waals surface area contributed by atoms with Crippen molar-refractivity contribution in [1.82, 2.24) is 14.7 Å². The topological polar surface area (TPSA) is 43.9 Å². The number of benzene rings is 2. The molecule has 0 aromatic heterocycles. The van der Waals surface area contributed by atoms with Gasteiger partial charge in [0.2, 0.25) is 5.91 Å². The van der Waals surface area contributed by atoms with E-state index in [0.717, 1.165) is 63.8 Å². The molecule has 1 fully saturated rings. The Labute approximate surface area is 226 Å². The molecule has 0 N–H and O–H groups in total. The number of hydrogen-bond donors (Lipinski definition) is 0. The van der Waals surface area contributed by atoms with E-state index < -0.39 is 0 Å². The summed E-state index contributed by atoms with van der Waals surface area (Å²) in [5, 5.41) is 1.07. The van der Waals surface area contributed by atoms with E-state index in [1.807, 2.05) is 55.6 Å². The zero-order chi connectivity index (χ0) is 26.1. The van der Waals surface area contributed by atoms with Crippen molar-refractivity contribution < 1.29 is 9.59 Å². The lowest BCUT2D eigenvalue weighted by atomic mass is 9.93. The van der Waals surface area contributed by atoms with Crippen molar-refractivity contribution >= 4 is 35.0 Å². The minimum absolute atomic E-state index is 0.0119. The number of carbonyl (C=O) groups is 2. The molecule has 36 heavy (non-hydrogen) atoms. The number of likely N-dealkylation sites (tertiary alicyclic amines) is 1. The van der Waals surface area contributed by atoms with Crippen LogP contribution < -0.4 is 0 Å². The number of carbonyl (C=O) groups excluding carboxylic acids is 2. The van der Waals surface area contributed by atoms with E-state index in [-0.39, 0.29) is 17.7 Å². The van der Waals surface area contributed by atoms with Crippen LogP contribution in [0, 0.1) is 0 Å². The fourth-order valence-electron chi connectivity index (χ4n) is 5.06. The second kappa shape index (κ2) is 14.0. The van der Waals surface area contributed by atoms with Crippen LogP contribution in [0.1, 0.15) is 67.8 Å². The van der Waals surface area contributed by atoms with Gasteiger partial charge in [-0.25, -0.2) is 0 Å². The molecule has 5 nitrogen and oxygen atoms in total. The zero-order valence-electron chi connectivity index (χ0n) is 21.8. The molecular formula is C29H39Cl2N3O2. The van der Waals surface area contributed by atoms with E-state index in [1.165, 1.54) is 0 Å². The maximum atomic E-state index is 13.0. The van der Waals surface area contributed by atoms with Crippen LogP contribution in [-0.2, 0) is 4.79 Å². The molecule has 2 aromatic carbocycles. The second-order valence-corrected chi connectivity index (χ2v) is 10.7. The highest BCUT2D eigenvalue weighted by Gasteiger charge is 2.27. The Hall–Kier alpha value is -2.08. The number of piperidine rings is 1. The van der Waals surface area contributed by atoms with Crippen LogP contribution in [0.4, 0.5) is 0 Å². The van der Waals surface area contributed by atoms with Crippen LogP contribution in [0.5, 0.6) is 0 Å². The monoisotopic (exact) mass is 531 g/mol. The van der Waals surface area contributed by atoms with Gasteiger partial charge in [-0.05, 0) is 62.1 Å². The van der Waals surface area contributed by atoms with Gasteiger partial charge in [0.15, 0.2) is 0 Å². The van der Waals surface area contributed by atoms with E-state index in [4.69, 9.17) is 23.2 Å². The largest absolute Gasteiger partial charge is 0.341 e. The summed E-state index contributed by atoms with van der Waals surface area (Å²) in [7, 11) is 1.86. The minimum atomic E-state index is 0.0119. The van der Waals surface area contributed by atoms with E-state index in [1.54, 1.807) is 11.8 Å². The number of halogens is 2. The molecule has 1 unspecified atom stereocenters. The van der Waals surface area contributed by atoms with Gasteiger partial charge in [0.25, 0.3) is 5.91 Å². The van der Waals surface area contributed by atoms with Crippen molar-refractivity contribution in [2.75, 3.05) is 39.8 Å². The van der Waals surface area contributed by atoms with Crippen molar-refractivity contribution in [3.63, 3.8) is 0 Å². The fourth-order valence-corrected chi connectivity index (χ4v) is 5.37. The lowest BCUT2D eigenvalue weighted by Gasteiger charge is -2.38. The lowest BCUT2D eigenvalue weighted by Crippen LogP contribution is -2.47. The Morgan fingerprint density at radius 2 is 1.75 bits per heavy atom. The summed E-state index contributed by atoms with van der Waals surface area (Å²) in [6.07, 6.45) is 5.07. The van der Waals surface area contributed by atoms with E-state index >= 15 is 0 Å². The summed E-state index contributed by atoms with van der Waals surface area (Å²) in [6, 6.07) is 15.5. The Kier molecular flexibility index (Phi) is 11.1. The Morgan fingerprint density at radius 1 is 1.06 bits per heavy atom. The van der Waals surface area contributed by atoms with Gasteiger partial charge in [-0.3, -0.25) is 9.59 Å². The number of nitrogens with zero attached hydrogens (tertiary/aromatic N) is 3. The summed E-state index contributed by atoms with van der Waals surface area (Å²) >= 11 is 12.5. The quantitative estimate of drug-likeness (QED) is 0.339. The van der Waals surface area contributed by atoms with Gasteiger partial charge in [0, 0.05) is 57.7 Å². The first-order valence-corrected chi connectivity index (χ1v) is 13.8. The van der Waals surface area contributed by atoms with E-state index in [0.29, 0.717) is 28.2 Å². The summed E-state index contributed by atoms with van der Waals surface area (Å²) in [5.41, 5.74) is 1.78. The SMILES string of the molecule is CCCCN(C(C)=O)C1CCN(CCC(CN(C)C(=O)c2ccccc2)c2ccc(Cl)c(Cl)c2)CC1. The van der Waals surface area contributed by atoms with Crippen molar-refractivity contribution in [3.05, 3.63) is 69.7 Å². The van der Waals surface area contributed by atoms with Crippen LogP contribution in [0.3, 0.4) is 0 Å². The highest BCUT2D eigenvalue weighted by molar-refractivity contribution is 6.42. The van der Waals surface area contributed by atoms with Gasteiger partial charge in [0.05, 0.1) is 10.0 Å². The van der Waals surface area contributed by atoms with Crippen molar-refractivity contribution in [1.29, 1.82) is 0 Å². The highest BCUT2D eigenvalue weighted by atomic mass is 35.5. The molecule has 2 aromatic rings. The molecule has 1 aliphatic rings. The number of amides is 2. The third kappa shape index (κ3) is 7.96. The number of unbranched alkanes of at least 4 members (excludes halogenated alkanes) is 1. The van der Waals surface area contributed by atoms with Crippen LogP contribution in [0.25, 0.3) is 0 Å². The zero-order valence-corrected chi connectivity index (χ0v) is 23.3. The van der Waals surface area contributed by atoms with Gasteiger partial charge in [-0.15, -0.1) is 0 Å². The van der Waals surface area contributed by atoms with Gasteiger partial charge >= 0.3 is 0 Å². The minimum Gasteiger partial charge on any atom is -0.341 e. The summed E-state index contributed by atoms with van der Waals surface area (Å²) < 4.78 is 0. The maximum Gasteiger partial charge on any atom is 0.253 e. The fraction of sp³-hybridized carbons (Fsp3) is 0.517. The molecule has 0 spiro atoms. The van der Waals surface area contributed by atoms with E-state index in [9.17, 15) is 9.59 Å². The van der Waals surface area contributed by atoms with Gasteiger partial charge < -0.3 is 14.7 Å². The Morgan fingerprint density at radius 3 is 2.36 bits per heavy atom. The number of hydrogen-bond acceptors (Lipinski definition) is 3. The highest BCUT2D eigenvalue weighted by Crippen LogP contribution is 2.30. The molecule has 0 radical (unpaired) electrons. The smallest absolute Gasteiger partial charge is 0.253 e. The third-order valence-corrected chi connectivity index (χ3v) is 7.96. The number of rotatable bonds is 11. The van der Waals surface area contributed by atoms with Gasteiger partial charge in [-0.1, -0.05) is 60.8 Å². The van der Waals surface area contributed by atoms with Crippen LogP contribution in [0.2, 0.25) is 10.0 Å². The first-order valence-electron chi connectivity index (χ1n) is 13.0. The molecule has 3 rings (SSSR count). The summed E-state index contributed by atoms with van der Waals surface area (Å²) in [6.45, 7) is 8.20. The van der Waals surface area contributed by atoms with Crippen LogP contribution >= 0.6 is 23.2 Å². The molecule has 2 amide bonds. The maximum absolute atomic E-state index is 13.0. The molecule has 0 aliphatic carbocycles. The molecule has 7 heteroatoms. The molecule has 0 saturated carbocycles. The van der Waals surface area contributed by atoms with Crippen molar-refractivity contribution in [2.24, 2.45) is 0 Å². The van der Waals surface area contributed by atoms with E-state index in [2.05, 4.69) is 16.7 Å². The standard InChI is InChI=1S/C29H39Cl2N3O2/c1-4-5-16-34(22(2)35)26-14-18-33(19-15-26)17-13-25(24-11-12-27(30)28(31)20-24)21-32(3)29(36)23-9-7-6-8-10-23/h6-12,20,25-26H,4-5,13-19,21H2,1-3H3. The second-order valence-electron chi connectivity index (χ2n) is 9.85. The average Bonchev–Trinajstić information content (AvgIpc) is 2.89. The Balaban J connectivity index is 1.63. The van der Waals surface area contributed by atoms with Crippen LogP contribution in [0.15, 0.2) is 48.5 Å². The predicted octanol–water partition coefficient (Wildman–Crippen LogP) is 6.35. The van der Waals surface area contributed by atoms with Gasteiger partial charge in [-0.2, -0.15) is 0 Å². The molecule has 1 atom stereocenters. The van der Waals surface area contributed by atoms with Gasteiger partial charge in [0.1, 0.15) is 0 Å².